The summed E-state index contributed by atoms with van der Waals surface area (Å²) in [7, 11) is 0. The molecule has 2 unspecified atom stereocenters. The van der Waals surface area contributed by atoms with Crippen LogP contribution >= 0.6 is 12.4 Å². The molecule has 0 saturated carbocycles. The average Bonchev–Trinajstić information content (AvgIpc) is 2.73. The third kappa shape index (κ3) is 10.3. The standard InChI is InChI=1S/C24H37N3O6.ClH/c1-16(2)14-19(25)21(28)26-20(22(29)33-24(3,4)5)15-17-6-8-18(9-7-17)32-23(30)27-10-12-31-13-11-27;/h6-9,16,19-20H,10-15,25H2,1-5H3,(H,26,28);1H. The molecule has 1 fully saturated rings. The first-order valence-electron chi connectivity index (χ1n) is 11.4. The molecule has 0 spiro atoms. The van der Waals surface area contributed by atoms with E-state index in [1.165, 1.54) is 0 Å². The lowest BCUT2D eigenvalue weighted by atomic mass is 10.0. The van der Waals surface area contributed by atoms with E-state index >= 15 is 0 Å². The van der Waals surface area contributed by atoms with Gasteiger partial charge in [-0.2, -0.15) is 0 Å². The number of nitrogens with one attached hydrogen (secondary N) is 1. The topological polar surface area (TPSA) is 120 Å². The van der Waals surface area contributed by atoms with Gasteiger partial charge in [0.25, 0.3) is 0 Å². The van der Waals surface area contributed by atoms with Crippen molar-refractivity contribution < 1.29 is 28.6 Å². The number of carbonyl (C=O) groups excluding carboxylic acids is 3. The molecule has 1 heterocycles. The fraction of sp³-hybridized carbons (Fsp3) is 0.625. The quantitative estimate of drug-likeness (QED) is 0.527. The molecule has 1 saturated heterocycles. The highest BCUT2D eigenvalue weighted by atomic mass is 35.5. The van der Waals surface area contributed by atoms with Crippen molar-refractivity contribution in [2.45, 2.75) is 65.1 Å². The molecule has 10 heteroatoms. The van der Waals surface area contributed by atoms with Gasteiger partial charge >= 0.3 is 12.1 Å². The maximum absolute atomic E-state index is 12.8. The number of benzene rings is 1. The lowest BCUT2D eigenvalue weighted by molar-refractivity contribution is -0.158. The van der Waals surface area contributed by atoms with Gasteiger partial charge in [-0.1, -0.05) is 26.0 Å². The van der Waals surface area contributed by atoms with Crippen molar-refractivity contribution in [3.63, 3.8) is 0 Å². The number of hydrogen-bond acceptors (Lipinski definition) is 7. The second-order valence-electron chi connectivity index (χ2n) is 9.65. The summed E-state index contributed by atoms with van der Waals surface area (Å²) in [6.07, 6.45) is 0.298. The van der Waals surface area contributed by atoms with E-state index in [1.807, 2.05) is 13.8 Å². The van der Waals surface area contributed by atoms with Crippen LogP contribution in [-0.2, 0) is 25.5 Å². The van der Waals surface area contributed by atoms with Crippen LogP contribution in [0.4, 0.5) is 4.79 Å². The van der Waals surface area contributed by atoms with Gasteiger partial charge in [0.05, 0.1) is 19.3 Å². The molecule has 2 atom stereocenters. The van der Waals surface area contributed by atoms with E-state index < -0.39 is 35.7 Å². The monoisotopic (exact) mass is 499 g/mol. The van der Waals surface area contributed by atoms with Gasteiger partial charge in [-0.05, 0) is 50.8 Å². The molecule has 1 aromatic carbocycles. The van der Waals surface area contributed by atoms with Crippen LogP contribution in [-0.4, -0.2) is 66.9 Å². The van der Waals surface area contributed by atoms with Crippen LogP contribution in [0.2, 0.25) is 0 Å². The lowest BCUT2D eigenvalue weighted by Crippen LogP contribution is -2.51. The summed E-state index contributed by atoms with van der Waals surface area (Å²) in [6, 6.07) is 5.21. The molecular formula is C24H38ClN3O6. The van der Waals surface area contributed by atoms with E-state index in [0.717, 1.165) is 5.56 Å². The Hall–Kier alpha value is -2.36. The molecule has 9 nitrogen and oxygen atoms in total. The van der Waals surface area contributed by atoms with Crippen molar-refractivity contribution in [3.8, 4) is 5.75 Å². The number of hydrogen-bond donors (Lipinski definition) is 2. The molecule has 1 aliphatic rings. The van der Waals surface area contributed by atoms with Crippen molar-refractivity contribution in [1.82, 2.24) is 10.2 Å². The minimum absolute atomic E-state index is 0. The highest BCUT2D eigenvalue weighted by Crippen LogP contribution is 2.17. The van der Waals surface area contributed by atoms with Crippen molar-refractivity contribution in [3.05, 3.63) is 29.8 Å². The molecule has 2 amide bonds. The normalized spacial score (nSPS) is 15.7. The third-order valence-electron chi connectivity index (χ3n) is 4.91. The molecular weight excluding hydrogens is 462 g/mol. The van der Waals surface area contributed by atoms with E-state index in [0.29, 0.717) is 38.5 Å². The summed E-state index contributed by atoms with van der Waals surface area (Å²) in [5.41, 5.74) is 6.07. The molecule has 0 aliphatic carbocycles. The maximum atomic E-state index is 12.8. The van der Waals surface area contributed by atoms with E-state index in [-0.39, 0.29) is 24.7 Å². The summed E-state index contributed by atoms with van der Waals surface area (Å²) < 4.78 is 16.1. The first-order valence-corrected chi connectivity index (χ1v) is 11.4. The molecule has 1 aliphatic heterocycles. The second kappa shape index (κ2) is 13.5. The third-order valence-corrected chi connectivity index (χ3v) is 4.91. The van der Waals surface area contributed by atoms with Crippen LogP contribution in [0.15, 0.2) is 24.3 Å². The van der Waals surface area contributed by atoms with Crippen molar-refractivity contribution >= 4 is 30.4 Å². The number of nitrogens with zero attached hydrogens (tertiary/aromatic N) is 1. The maximum Gasteiger partial charge on any atom is 0.415 e. The number of esters is 1. The van der Waals surface area contributed by atoms with Crippen LogP contribution < -0.4 is 15.8 Å². The van der Waals surface area contributed by atoms with Gasteiger partial charge in [0.15, 0.2) is 0 Å². The van der Waals surface area contributed by atoms with Crippen LogP contribution in [0.1, 0.15) is 46.6 Å². The Balaban J connectivity index is 0.00000578. The molecule has 2 rings (SSSR count). The van der Waals surface area contributed by atoms with Gasteiger partial charge in [-0.15, -0.1) is 12.4 Å². The number of rotatable bonds is 8. The number of amides is 2. The van der Waals surface area contributed by atoms with Gasteiger partial charge in [0.1, 0.15) is 17.4 Å². The lowest BCUT2D eigenvalue weighted by Gasteiger charge is -2.26. The summed E-state index contributed by atoms with van der Waals surface area (Å²) in [5.74, 6) is -0.281. The Morgan fingerprint density at radius 3 is 2.24 bits per heavy atom. The number of morpholine rings is 1. The summed E-state index contributed by atoms with van der Waals surface area (Å²) in [5, 5.41) is 2.74. The molecule has 192 valence electrons. The summed E-state index contributed by atoms with van der Waals surface area (Å²) in [4.78, 5) is 39.2. The van der Waals surface area contributed by atoms with E-state index in [1.54, 1.807) is 49.9 Å². The first-order chi connectivity index (χ1) is 15.4. The Morgan fingerprint density at radius 2 is 1.71 bits per heavy atom. The minimum atomic E-state index is -0.892. The molecule has 0 radical (unpaired) electrons. The van der Waals surface area contributed by atoms with Crippen LogP contribution in [0, 0.1) is 5.92 Å². The smallest absolute Gasteiger partial charge is 0.415 e. The Bertz CT molecular complexity index is 804. The van der Waals surface area contributed by atoms with E-state index in [2.05, 4.69) is 5.32 Å². The highest BCUT2D eigenvalue weighted by Gasteiger charge is 2.29. The Labute approximate surface area is 208 Å². The summed E-state index contributed by atoms with van der Waals surface area (Å²) >= 11 is 0. The van der Waals surface area contributed by atoms with Crippen molar-refractivity contribution in [2.75, 3.05) is 26.3 Å². The largest absolute Gasteiger partial charge is 0.458 e. The predicted octanol–water partition coefficient (Wildman–Crippen LogP) is 2.68. The molecule has 34 heavy (non-hydrogen) atoms. The van der Waals surface area contributed by atoms with Gasteiger partial charge < -0.3 is 30.2 Å². The summed E-state index contributed by atoms with van der Waals surface area (Å²) in [6.45, 7) is 11.2. The zero-order chi connectivity index (χ0) is 24.6. The zero-order valence-corrected chi connectivity index (χ0v) is 21.5. The number of nitrogens with two attached hydrogens (primary N) is 1. The second-order valence-corrected chi connectivity index (χ2v) is 9.65. The number of halogens is 1. The molecule has 1 aromatic rings. The molecule has 0 aromatic heterocycles. The highest BCUT2D eigenvalue weighted by molar-refractivity contribution is 5.87. The van der Waals surface area contributed by atoms with Gasteiger partial charge in [-0.25, -0.2) is 9.59 Å². The molecule has 0 bridgehead atoms. The Morgan fingerprint density at radius 1 is 1.12 bits per heavy atom. The van der Waals surface area contributed by atoms with E-state index in [9.17, 15) is 14.4 Å². The number of ether oxygens (including phenoxy) is 3. The zero-order valence-electron chi connectivity index (χ0n) is 20.7. The average molecular weight is 500 g/mol. The fourth-order valence-corrected chi connectivity index (χ4v) is 3.30. The molecule has 3 N–H and O–H groups in total. The first kappa shape index (κ1) is 29.7. The van der Waals surface area contributed by atoms with Crippen LogP contribution in [0.25, 0.3) is 0 Å². The van der Waals surface area contributed by atoms with Crippen LogP contribution in [0.3, 0.4) is 0 Å². The van der Waals surface area contributed by atoms with Crippen molar-refractivity contribution in [2.24, 2.45) is 11.7 Å². The van der Waals surface area contributed by atoms with Crippen molar-refractivity contribution in [1.29, 1.82) is 0 Å². The number of carbonyl (C=O) groups is 3. The predicted molar refractivity (Wildman–Crippen MR) is 131 cm³/mol. The van der Waals surface area contributed by atoms with Gasteiger partial charge in [-0.3, -0.25) is 4.79 Å². The minimum Gasteiger partial charge on any atom is -0.458 e. The van der Waals surface area contributed by atoms with Gasteiger partial charge in [0.2, 0.25) is 5.91 Å². The van der Waals surface area contributed by atoms with Crippen LogP contribution in [0.5, 0.6) is 5.75 Å². The van der Waals surface area contributed by atoms with Gasteiger partial charge in [0, 0.05) is 19.5 Å². The SMILES string of the molecule is CC(C)CC(N)C(=O)NC(Cc1ccc(OC(=O)N2CCOCC2)cc1)C(=O)OC(C)(C)C.Cl. The Kier molecular flexibility index (Phi) is 11.8. The fourth-order valence-electron chi connectivity index (χ4n) is 3.30. The van der Waals surface area contributed by atoms with E-state index in [4.69, 9.17) is 19.9 Å².